The minimum Gasteiger partial charge on any atom is -0.326 e. The van der Waals surface area contributed by atoms with Gasteiger partial charge in [-0.15, -0.1) is 0 Å². The van der Waals surface area contributed by atoms with Crippen LogP contribution in [0.4, 0.5) is 0 Å². The van der Waals surface area contributed by atoms with Gasteiger partial charge in [-0.3, -0.25) is 4.90 Å². The highest BCUT2D eigenvalue weighted by Gasteiger charge is 2.36. The number of hydrogen-bond acceptors (Lipinski definition) is 2. The van der Waals surface area contributed by atoms with Crippen molar-refractivity contribution < 1.29 is 0 Å². The van der Waals surface area contributed by atoms with Gasteiger partial charge in [0, 0.05) is 12.1 Å². The van der Waals surface area contributed by atoms with Gasteiger partial charge in [-0.25, -0.2) is 0 Å². The van der Waals surface area contributed by atoms with Crippen LogP contribution < -0.4 is 5.73 Å². The van der Waals surface area contributed by atoms with Gasteiger partial charge in [0.05, 0.1) is 0 Å². The molecule has 1 heterocycles. The van der Waals surface area contributed by atoms with Crippen LogP contribution in [0.3, 0.4) is 0 Å². The maximum Gasteiger partial charge on any atom is 0.0253 e. The van der Waals surface area contributed by atoms with Crippen LogP contribution in [0.1, 0.15) is 57.4 Å². The first-order valence-corrected chi connectivity index (χ1v) is 8.60. The van der Waals surface area contributed by atoms with E-state index in [1.165, 1.54) is 50.8 Å². The molecule has 21 heavy (non-hydrogen) atoms. The zero-order valence-corrected chi connectivity index (χ0v) is 13.6. The second-order valence-corrected chi connectivity index (χ2v) is 7.85. The maximum atomic E-state index is 6.48. The van der Waals surface area contributed by atoms with E-state index >= 15 is 0 Å². The molecular formula is C19H30N2. The molecular weight excluding hydrogens is 256 g/mol. The van der Waals surface area contributed by atoms with E-state index in [4.69, 9.17) is 5.73 Å². The summed E-state index contributed by atoms with van der Waals surface area (Å²) < 4.78 is 0. The van der Waals surface area contributed by atoms with E-state index in [0.29, 0.717) is 23.4 Å². The molecule has 0 spiro atoms. The molecule has 0 radical (unpaired) electrons. The fraction of sp³-hybridized carbons (Fsp3) is 0.684. The smallest absolute Gasteiger partial charge is 0.0253 e. The summed E-state index contributed by atoms with van der Waals surface area (Å²) in [6, 6.07) is 12.0. The second kappa shape index (κ2) is 6.10. The number of rotatable bonds is 2. The molecule has 1 aromatic carbocycles. The number of likely N-dealkylation sites (tertiary alicyclic amines) is 1. The first-order chi connectivity index (χ1) is 10.1. The predicted octanol–water partition coefficient (Wildman–Crippen LogP) is 3.77. The lowest BCUT2D eigenvalue weighted by atomic mass is 9.76. The molecule has 1 saturated heterocycles. The standard InChI is InChI=1S/C19H30N2/c1-19(2)10-12-21(13-11-19)18-14-16(8-9-17(18)20)15-6-4-3-5-7-15/h3-7,16-18H,8-14,20H2,1-2H3. The van der Waals surface area contributed by atoms with Gasteiger partial charge in [0.15, 0.2) is 0 Å². The van der Waals surface area contributed by atoms with Crippen LogP contribution in [0.25, 0.3) is 0 Å². The average Bonchev–Trinajstić information content (AvgIpc) is 2.49. The van der Waals surface area contributed by atoms with Crippen molar-refractivity contribution in [1.82, 2.24) is 4.90 Å². The van der Waals surface area contributed by atoms with Crippen molar-refractivity contribution in [2.45, 2.75) is 64.0 Å². The number of nitrogens with zero attached hydrogens (tertiary/aromatic N) is 1. The highest BCUT2D eigenvalue weighted by molar-refractivity contribution is 5.21. The summed E-state index contributed by atoms with van der Waals surface area (Å²) in [7, 11) is 0. The molecule has 3 atom stereocenters. The van der Waals surface area contributed by atoms with E-state index in [1.807, 2.05) is 0 Å². The topological polar surface area (TPSA) is 29.3 Å². The van der Waals surface area contributed by atoms with E-state index in [2.05, 4.69) is 49.1 Å². The minimum absolute atomic E-state index is 0.367. The molecule has 2 heteroatoms. The third-order valence-electron chi connectivity index (χ3n) is 5.76. The molecule has 0 aromatic heterocycles. The van der Waals surface area contributed by atoms with Gasteiger partial charge >= 0.3 is 0 Å². The molecule has 116 valence electrons. The van der Waals surface area contributed by atoms with Gasteiger partial charge in [-0.2, -0.15) is 0 Å². The fourth-order valence-electron chi connectivity index (χ4n) is 4.08. The number of piperidine rings is 1. The molecule has 2 nitrogen and oxygen atoms in total. The van der Waals surface area contributed by atoms with E-state index in [-0.39, 0.29) is 0 Å². The quantitative estimate of drug-likeness (QED) is 0.896. The summed E-state index contributed by atoms with van der Waals surface area (Å²) in [5.74, 6) is 0.700. The molecule has 1 aliphatic carbocycles. The van der Waals surface area contributed by atoms with Gasteiger partial charge in [-0.05, 0) is 62.1 Å². The Labute approximate surface area is 129 Å². The van der Waals surface area contributed by atoms with Gasteiger partial charge in [0.1, 0.15) is 0 Å². The monoisotopic (exact) mass is 286 g/mol. The second-order valence-electron chi connectivity index (χ2n) is 7.85. The van der Waals surface area contributed by atoms with Crippen molar-refractivity contribution in [2.24, 2.45) is 11.1 Å². The highest BCUT2D eigenvalue weighted by atomic mass is 15.2. The maximum absolute atomic E-state index is 6.48. The van der Waals surface area contributed by atoms with E-state index in [9.17, 15) is 0 Å². The highest BCUT2D eigenvalue weighted by Crippen LogP contribution is 2.37. The fourth-order valence-corrected chi connectivity index (χ4v) is 4.08. The lowest BCUT2D eigenvalue weighted by Crippen LogP contribution is -2.54. The van der Waals surface area contributed by atoms with Crippen LogP contribution in [0.5, 0.6) is 0 Å². The van der Waals surface area contributed by atoms with Gasteiger partial charge in [-0.1, -0.05) is 44.2 Å². The minimum atomic E-state index is 0.367. The van der Waals surface area contributed by atoms with Crippen molar-refractivity contribution in [3.8, 4) is 0 Å². The van der Waals surface area contributed by atoms with Crippen LogP contribution in [0, 0.1) is 5.41 Å². The SMILES string of the molecule is CC1(C)CCN(C2CC(c3ccccc3)CCC2N)CC1. The van der Waals surface area contributed by atoms with Crippen LogP contribution in [-0.2, 0) is 0 Å². The number of benzene rings is 1. The van der Waals surface area contributed by atoms with E-state index in [1.54, 1.807) is 0 Å². The lowest BCUT2D eigenvalue weighted by Gasteiger charge is -2.46. The largest absolute Gasteiger partial charge is 0.326 e. The molecule has 1 saturated carbocycles. The molecule has 1 aromatic rings. The van der Waals surface area contributed by atoms with Crippen LogP contribution in [-0.4, -0.2) is 30.1 Å². The third kappa shape index (κ3) is 3.49. The Hall–Kier alpha value is -0.860. The Balaban J connectivity index is 1.67. The summed E-state index contributed by atoms with van der Waals surface area (Å²) in [5, 5.41) is 0. The predicted molar refractivity (Wildman–Crippen MR) is 89.4 cm³/mol. The van der Waals surface area contributed by atoms with Gasteiger partial charge in [0.2, 0.25) is 0 Å². The Morgan fingerprint density at radius 3 is 2.38 bits per heavy atom. The number of nitrogens with two attached hydrogens (primary N) is 1. The van der Waals surface area contributed by atoms with Crippen LogP contribution >= 0.6 is 0 Å². The third-order valence-corrected chi connectivity index (χ3v) is 5.76. The Morgan fingerprint density at radius 2 is 1.71 bits per heavy atom. The molecule has 2 N–H and O–H groups in total. The Morgan fingerprint density at radius 1 is 1.05 bits per heavy atom. The molecule has 3 unspecified atom stereocenters. The van der Waals surface area contributed by atoms with Crippen molar-refractivity contribution >= 4 is 0 Å². The van der Waals surface area contributed by atoms with Crippen LogP contribution in [0.2, 0.25) is 0 Å². The van der Waals surface area contributed by atoms with Crippen molar-refractivity contribution in [3.05, 3.63) is 35.9 Å². The van der Waals surface area contributed by atoms with E-state index in [0.717, 1.165) is 0 Å². The summed E-state index contributed by atoms with van der Waals surface area (Å²) in [5.41, 5.74) is 8.50. The molecule has 2 fully saturated rings. The van der Waals surface area contributed by atoms with Gasteiger partial charge < -0.3 is 5.73 Å². The molecule has 3 rings (SSSR count). The summed E-state index contributed by atoms with van der Waals surface area (Å²) in [6.07, 6.45) is 6.29. The Kier molecular flexibility index (Phi) is 4.37. The molecule has 0 amide bonds. The zero-order chi connectivity index (χ0) is 14.9. The van der Waals surface area contributed by atoms with Gasteiger partial charge in [0.25, 0.3) is 0 Å². The van der Waals surface area contributed by atoms with Crippen molar-refractivity contribution in [1.29, 1.82) is 0 Å². The zero-order valence-electron chi connectivity index (χ0n) is 13.6. The van der Waals surface area contributed by atoms with Crippen molar-refractivity contribution in [2.75, 3.05) is 13.1 Å². The Bertz CT molecular complexity index is 444. The average molecular weight is 286 g/mol. The summed E-state index contributed by atoms with van der Waals surface area (Å²) in [6.45, 7) is 7.26. The summed E-state index contributed by atoms with van der Waals surface area (Å²) >= 11 is 0. The first-order valence-electron chi connectivity index (χ1n) is 8.60. The normalized spacial score (nSPS) is 33.8. The first kappa shape index (κ1) is 15.1. The molecule has 1 aliphatic heterocycles. The van der Waals surface area contributed by atoms with Crippen molar-refractivity contribution in [3.63, 3.8) is 0 Å². The summed E-state index contributed by atoms with van der Waals surface area (Å²) in [4.78, 5) is 2.69. The molecule has 2 aliphatic rings. The van der Waals surface area contributed by atoms with Crippen LogP contribution in [0.15, 0.2) is 30.3 Å². The number of hydrogen-bond donors (Lipinski definition) is 1. The lowest BCUT2D eigenvalue weighted by molar-refractivity contribution is 0.0618. The molecule has 0 bridgehead atoms. The van der Waals surface area contributed by atoms with E-state index < -0.39 is 0 Å².